The molecule has 76 valence electrons. The first-order valence-electron chi connectivity index (χ1n) is 4.54. The van der Waals surface area contributed by atoms with Crippen LogP contribution in [0, 0.1) is 5.92 Å². The smallest absolute Gasteiger partial charge is 0.172 e. The van der Waals surface area contributed by atoms with Crippen LogP contribution in [-0.4, -0.2) is 17.5 Å². The van der Waals surface area contributed by atoms with Crippen molar-refractivity contribution in [3.8, 4) is 11.5 Å². The van der Waals surface area contributed by atoms with Gasteiger partial charge >= 0.3 is 0 Å². The van der Waals surface area contributed by atoms with E-state index in [9.17, 15) is 4.79 Å². The molecular weight excluding hydrogens is 180 g/mol. The Kier molecular flexibility index (Phi) is 3.51. The first-order valence-corrected chi connectivity index (χ1v) is 4.54. The van der Waals surface area contributed by atoms with Crippen molar-refractivity contribution in [2.75, 3.05) is 6.61 Å². The molecule has 0 unspecified atom stereocenters. The second-order valence-electron chi connectivity index (χ2n) is 3.40. The van der Waals surface area contributed by atoms with Gasteiger partial charge in [-0.1, -0.05) is 13.8 Å². The number of phenolic OH excluding ortho intramolecular Hbond substituents is 1. The highest BCUT2D eigenvalue weighted by Gasteiger charge is 2.07. The normalized spacial score (nSPS) is 10.2. The Morgan fingerprint density at radius 2 is 1.93 bits per heavy atom. The first-order chi connectivity index (χ1) is 6.59. The SMILES string of the molecule is CC(C)C(=O)COc1ccc(O)cc1. The molecule has 0 aliphatic heterocycles. The Morgan fingerprint density at radius 1 is 1.36 bits per heavy atom. The maximum absolute atomic E-state index is 11.2. The number of ketones is 1. The average Bonchev–Trinajstić information content (AvgIpc) is 2.16. The summed E-state index contributed by atoms with van der Waals surface area (Å²) < 4.78 is 5.22. The summed E-state index contributed by atoms with van der Waals surface area (Å²) in [5.41, 5.74) is 0. The predicted octanol–water partition coefficient (Wildman–Crippen LogP) is 2.00. The Balaban J connectivity index is 2.46. The minimum absolute atomic E-state index is 0.00730. The zero-order valence-corrected chi connectivity index (χ0v) is 8.36. The molecule has 0 saturated carbocycles. The molecule has 1 aromatic carbocycles. The summed E-state index contributed by atoms with van der Waals surface area (Å²) in [4.78, 5) is 11.2. The molecule has 0 aliphatic carbocycles. The number of aromatic hydroxyl groups is 1. The molecule has 0 aromatic heterocycles. The van der Waals surface area contributed by atoms with Gasteiger partial charge in [0.15, 0.2) is 5.78 Å². The molecule has 1 N–H and O–H groups in total. The van der Waals surface area contributed by atoms with Crippen molar-refractivity contribution >= 4 is 5.78 Å². The second kappa shape index (κ2) is 4.65. The van der Waals surface area contributed by atoms with Crippen LogP contribution in [0.5, 0.6) is 11.5 Å². The summed E-state index contributed by atoms with van der Waals surface area (Å²) in [6, 6.07) is 6.30. The molecule has 0 saturated heterocycles. The number of carbonyl (C=O) groups is 1. The van der Waals surface area contributed by atoms with Crippen LogP contribution < -0.4 is 4.74 Å². The molecule has 0 fully saturated rings. The molecular formula is C11H14O3. The number of hydrogen-bond acceptors (Lipinski definition) is 3. The van der Waals surface area contributed by atoms with E-state index < -0.39 is 0 Å². The highest BCUT2D eigenvalue weighted by molar-refractivity contribution is 5.81. The van der Waals surface area contributed by atoms with Crippen molar-refractivity contribution in [3.05, 3.63) is 24.3 Å². The fourth-order valence-corrected chi connectivity index (χ4v) is 0.863. The number of carbonyl (C=O) groups excluding carboxylic acids is 1. The summed E-state index contributed by atoms with van der Waals surface area (Å²) in [5.74, 6) is 0.842. The molecule has 0 atom stereocenters. The van der Waals surface area contributed by atoms with E-state index in [1.807, 2.05) is 13.8 Å². The molecule has 0 radical (unpaired) electrons. The average molecular weight is 194 g/mol. The Bertz CT molecular complexity index is 301. The monoisotopic (exact) mass is 194 g/mol. The van der Waals surface area contributed by atoms with Crippen LogP contribution in [0.3, 0.4) is 0 Å². The lowest BCUT2D eigenvalue weighted by Crippen LogP contribution is -2.16. The van der Waals surface area contributed by atoms with Gasteiger partial charge in [0, 0.05) is 5.92 Å². The van der Waals surface area contributed by atoms with Crippen molar-refractivity contribution in [3.63, 3.8) is 0 Å². The molecule has 0 heterocycles. The van der Waals surface area contributed by atoms with E-state index in [0.717, 1.165) is 0 Å². The molecule has 3 heteroatoms. The van der Waals surface area contributed by atoms with Crippen molar-refractivity contribution in [1.29, 1.82) is 0 Å². The third-order valence-corrected chi connectivity index (χ3v) is 1.86. The Morgan fingerprint density at radius 3 is 2.43 bits per heavy atom. The molecule has 0 amide bonds. The molecule has 0 spiro atoms. The van der Waals surface area contributed by atoms with Crippen molar-refractivity contribution in [1.82, 2.24) is 0 Å². The first kappa shape index (κ1) is 10.6. The van der Waals surface area contributed by atoms with Crippen molar-refractivity contribution in [2.24, 2.45) is 5.92 Å². The van der Waals surface area contributed by atoms with Gasteiger partial charge in [0.2, 0.25) is 0 Å². The lowest BCUT2D eigenvalue weighted by atomic mass is 10.1. The second-order valence-corrected chi connectivity index (χ2v) is 3.40. The van der Waals surface area contributed by atoms with Crippen LogP contribution >= 0.6 is 0 Å². The van der Waals surface area contributed by atoms with E-state index >= 15 is 0 Å². The Hall–Kier alpha value is -1.51. The fourth-order valence-electron chi connectivity index (χ4n) is 0.863. The molecule has 0 aliphatic rings. The highest BCUT2D eigenvalue weighted by atomic mass is 16.5. The van der Waals surface area contributed by atoms with Crippen LogP contribution in [0.2, 0.25) is 0 Å². The third-order valence-electron chi connectivity index (χ3n) is 1.86. The van der Waals surface area contributed by atoms with E-state index in [0.29, 0.717) is 5.75 Å². The highest BCUT2D eigenvalue weighted by Crippen LogP contribution is 2.15. The van der Waals surface area contributed by atoms with Crippen LogP contribution in [-0.2, 0) is 4.79 Å². The number of benzene rings is 1. The van der Waals surface area contributed by atoms with Gasteiger partial charge < -0.3 is 9.84 Å². The summed E-state index contributed by atoms with van der Waals surface area (Å²) in [6.45, 7) is 3.76. The van der Waals surface area contributed by atoms with Gasteiger partial charge in [-0.25, -0.2) is 0 Å². The number of Topliss-reactive ketones (excluding diaryl/α,β-unsaturated/α-hetero) is 1. The molecule has 3 nitrogen and oxygen atoms in total. The molecule has 1 rings (SSSR count). The lowest BCUT2D eigenvalue weighted by molar-refractivity contribution is -0.123. The summed E-state index contributed by atoms with van der Waals surface area (Å²) in [7, 11) is 0. The number of ether oxygens (including phenoxy) is 1. The van der Waals surface area contributed by atoms with Crippen molar-refractivity contribution < 1.29 is 14.6 Å². The maximum atomic E-state index is 11.2. The number of hydrogen-bond donors (Lipinski definition) is 1. The van der Waals surface area contributed by atoms with Gasteiger partial charge in [-0.05, 0) is 24.3 Å². The van der Waals surface area contributed by atoms with E-state index in [-0.39, 0.29) is 24.1 Å². The van der Waals surface area contributed by atoms with E-state index in [2.05, 4.69) is 0 Å². The zero-order valence-electron chi connectivity index (χ0n) is 8.36. The molecule has 0 bridgehead atoms. The topological polar surface area (TPSA) is 46.5 Å². The molecule has 1 aromatic rings. The number of rotatable bonds is 4. The van der Waals surface area contributed by atoms with Gasteiger partial charge in [-0.2, -0.15) is 0 Å². The van der Waals surface area contributed by atoms with Gasteiger partial charge in [0.25, 0.3) is 0 Å². The van der Waals surface area contributed by atoms with E-state index in [1.54, 1.807) is 12.1 Å². The quantitative estimate of drug-likeness (QED) is 0.797. The minimum Gasteiger partial charge on any atom is -0.508 e. The van der Waals surface area contributed by atoms with Gasteiger partial charge in [-0.3, -0.25) is 4.79 Å². The molecule has 14 heavy (non-hydrogen) atoms. The zero-order chi connectivity index (χ0) is 10.6. The van der Waals surface area contributed by atoms with Gasteiger partial charge in [0.1, 0.15) is 18.1 Å². The van der Waals surface area contributed by atoms with Gasteiger partial charge in [-0.15, -0.1) is 0 Å². The maximum Gasteiger partial charge on any atom is 0.172 e. The Labute approximate surface area is 83.3 Å². The number of phenols is 1. The van der Waals surface area contributed by atoms with Crippen LogP contribution in [0.1, 0.15) is 13.8 Å². The standard InChI is InChI=1S/C11H14O3/c1-8(2)11(13)7-14-10-5-3-9(12)4-6-10/h3-6,8,12H,7H2,1-2H3. The van der Waals surface area contributed by atoms with E-state index in [4.69, 9.17) is 9.84 Å². The largest absolute Gasteiger partial charge is 0.508 e. The third kappa shape index (κ3) is 3.09. The lowest BCUT2D eigenvalue weighted by Gasteiger charge is -2.06. The summed E-state index contributed by atoms with van der Waals surface area (Å²) in [6.07, 6.45) is 0. The minimum atomic E-state index is -0.00730. The summed E-state index contributed by atoms with van der Waals surface area (Å²) in [5, 5.41) is 9.00. The van der Waals surface area contributed by atoms with Crippen LogP contribution in [0.4, 0.5) is 0 Å². The van der Waals surface area contributed by atoms with E-state index in [1.165, 1.54) is 12.1 Å². The summed E-state index contributed by atoms with van der Waals surface area (Å²) >= 11 is 0. The predicted molar refractivity (Wildman–Crippen MR) is 53.4 cm³/mol. The van der Waals surface area contributed by atoms with Gasteiger partial charge in [0.05, 0.1) is 0 Å². The van der Waals surface area contributed by atoms with Crippen molar-refractivity contribution in [2.45, 2.75) is 13.8 Å². The fraction of sp³-hybridized carbons (Fsp3) is 0.364. The van der Waals surface area contributed by atoms with Crippen LogP contribution in [0.25, 0.3) is 0 Å². The van der Waals surface area contributed by atoms with Crippen LogP contribution in [0.15, 0.2) is 24.3 Å².